The summed E-state index contributed by atoms with van der Waals surface area (Å²) in [5.41, 5.74) is 2.33. The third-order valence-electron chi connectivity index (χ3n) is 3.77. The van der Waals surface area contributed by atoms with Crippen LogP contribution in [-0.4, -0.2) is 11.0 Å². The molecule has 2 rings (SSSR count). The monoisotopic (exact) mass is 296 g/mol. The molecular weight excluding hydrogens is 276 g/mol. The quantitative estimate of drug-likeness (QED) is 0.829. The lowest BCUT2D eigenvalue weighted by atomic mass is 9.84. The smallest absolute Gasteiger partial charge is 0.109 e. The van der Waals surface area contributed by atoms with Crippen LogP contribution in [0.5, 0.6) is 0 Å². The summed E-state index contributed by atoms with van der Waals surface area (Å²) in [7, 11) is 0. The van der Waals surface area contributed by atoms with Gasteiger partial charge in [-0.05, 0) is 60.2 Å². The Morgan fingerprint density at radius 2 is 2.06 bits per heavy atom. The van der Waals surface area contributed by atoms with Crippen LogP contribution in [0.1, 0.15) is 44.6 Å². The fourth-order valence-electron chi connectivity index (χ4n) is 2.65. The highest BCUT2D eigenvalue weighted by Crippen LogP contribution is 2.28. The summed E-state index contributed by atoms with van der Waals surface area (Å²) in [4.78, 5) is 4.33. The topological polar surface area (TPSA) is 24.9 Å². The zero-order chi connectivity index (χ0) is 12.3. The highest BCUT2D eigenvalue weighted by atomic mass is 79.9. The normalized spacial score (nSPS) is 19.0. The van der Waals surface area contributed by atoms with E-state index in [2.05, 4.69) is 46.1 Å². The molecule has 1 unspecified atom stereocenters. The summed E-state index contributed by atoms with van der Waals surface area (Å²) < 4.78 is 0.938. The average molecular weight is 297 g/mol. The molecule has 0 aromatic carbocycles. The molecule has 1 heterocycles. The molecule has 2 nitrogen and oxygen atoms in total. The van der Waals surface area contributed by atoms with Crippen molar-refractivity contribution < 1.29 is 0 Å². The minimum absolute atomic E-state index is 0.553. The second-order valence-electron chi connectivity index (χ2n) is 5.16. The summed E-state index contributed by atoms with van der Waals surface area (Å²) >= 11 is 3.43. The van der Waals surface area contributed by atoms with Crippen molar-refractivity contribution in [1.29, 1.82) is 0 Å². The molecule has 1 N–H and O–H groups in total. The molecule has 0 saturated heterocycles. The van der Waals surface area contributed by atoms with Gasteiger partial charge < -0.3 is 5.32 Å². The second kappa shape index (κ2) is 5.85. The Kier molecular flexibility index (Phi) is 4.43. The van der Waals surface area contributed by atoms with Crippen LogP contribution in [0, 0.1) is 12.8 Å². The maximum absolute atomic E-state index is 4.33. The van der Waals surface area contributed by atoms with Crippen LogP contribution in [0.2, 0.25) is 0 Å². The summed E-state index contributed by atoms with van der Waals surface area (Å²) in [5.74, 6) is 0.827. The molecule has 0 amide bonds. The third kappa shape index (κ3) is 3.44. The number of hydrogen-bond donors (Lipinski definition) is 1. The van der Waals surface area contributed by atoms with Crippen molar-refractivity contribution in [3.05, 3.63) is 22.4 Å². The highest BCUT2D eigenvalue weighted by molar-refractivity contribution is 9.10. The van der Waals surface area contributed by atoms with Crippen LogP contribution in [0.4, 0.5) is 5.69 Å². The Hall–Kier alpha value is -0.570. The van der Waals surface area contributed by atoms with Gasteiger partial charge in [-0.15, -0.1) is 0 Å². The van der Waals surface area contributed by atoms with Crippen LogP contribution in [0.25, 0.3) is 0 Å². The largest absolute Gasteiger partial charge is 0.381 e. The molecule has 1 aliphatic carbocycles. The Bertz CT molecular complexity index is 372. The molecule has 1 saturated carbocycles. The molecule has 1 aliphatic rings. The zero-order valence-electron chi connectivity index (χ0n) is 10.7. The minimum atomic E-state index is 0.553. The number of pyridine rings is 1. The number of anilines is 1. The predicted octanol–water partition coefficient (Wildman–Crippen LogP) is 4.53. The van der Waals surface area contributed by atoms with Crippen molar-refractivity contribution >= 4 is 21.6 Å². The van der Waals surface area contributed by atoms with E-state index in [1.165, 1.54) is 37.7 Å². The van der Waals surface area contributed by atoms with Crippen LogP contribution in [-0.2, 0) is 0 Å². The number of nitrogens with one attached hydrogen (secondary N) is 1. The summed E-state index contributed by atoms with van der Waals surface area (Å²) in [6, 6.07) is 2.72. The van der Waals surface area contributed by atoms with Crippen molar-refractivity contribution in [2.75, 3.05) is 5.32 Å². The Labute approximate surface area is 112 Å². The lowest BCUT2D eigenvalue weighted by molar-refractivity contribution is 0.328. The molecule has 0 spiro atoms. The van der Waals surface area contributed by atoms with Gasteiger partial charge in [-0.1, -0.05) is 19.3 Å². The standard InChI is InChI=1S/C14H21BrN2/c1-10-8-13(9-16-14(10)15)17-11(2)12-6-4-3-5-7-12/h8-9,11-12,17H,3-7H2,1-2H3. The van der Waals surface area contributed by atoms with E-state index in [0.29, 0.717) is 6.04 Å². The number of rotatable bonds is 3. The zero-order valence-corrected chi connectivity index (χ0v) is 12.3. The van der Waals surface area contributed by atoms with Crippen molar-refractivity contribution in [3.63, 3.8) is 0 Å². The Morgan fingerprint density at radius 3 is 2.71 bits per heavy atom. The minimum Gasteiger partial charge on any atom is -0.381 e. The van der Waals surface area contributed by atoms with Gasteiger partial charge in [-0.3, -0.25) is 0 Å². The molecular formula is C14H21BrN2. The van der Waals surface area contributed by atoms with E-state index in [4.69, 9.17) is 0 Å². The molecule has 1 fully saturated rings. The lowest BCUT2D eigenvalue weighted by Gasteiger charge is -2.29. The number of nitrogens with zero attached hydrogens (tertiary/aromatic N) is 1. The van der Waals surface area contributed by atoms with Gasteiger partial charge in [0.05, 0.1) is 11.9 Å². The molecule has 0 aliphatic heterocycles. The van der Waals surface area contributed by atoms with Gasteiger partial charge in [-0.25, -0.2) is 4.98 Å². The number of aromatic nitrogens is 1. The summed E-state index contributed by atoms with van der Waals surface area (Å²) in [5, 5.41) is 3.60. The van der Waals surface area contributed by atoms with Crippen molar-refractivity contribution in [1.82, 2.24) is 4.98 Å². The van der Waals surface area contributed by atoms with Crippen molar-refractivity contribution in [2.24, 2.45) is 5.92 Å². The SMILES string of the molecule is Cc1cc(NC(C)C2CCCCC2)cnc1Br. The molecule has 0 radical (unpaired) electrons. The molecule has 3 heteroatoms. The molecule has 1 atom stereocenters. The fourth-order valence-corrected chi connectivity index (χ4v) is 2.87. The molecule has 1 aromatic heterocycles. The Morgan fingerprint density at radius 1 is 1.35 bits per heavy atom. The van der Waals surface area contributed by atoms with E-state index in [1.807, 2.05) is 6.20 Å². The van der Waals surface area contributed by atoms with Gasteiger partial charge in [0, 0.05) is 6.04 Å². The van der Waals surface area contributed by atoms with Gasteiger partial charge >= 0.3 is 0 Å². The van der Waals surface area contributed by atoms with Crippen LogP contribution in [0.15, 0.2) is 16.9 Å². The first kappa shape index (κ1) is 12.9. The second-order valence-corrected chi connectivity index (χ2v) is 5.91. The third-order valence-corrected chi connectivity index (χ3v) is 4.60. The maximum atomic E-state index is 4.33. The summed E-state index contributed by atoms with van der Waals surface area (Å²) in [6.07, 6.45) is 8.87. The predicted molar refractivity (Wildman–Crippen MR) is 76.3 cm³/mol. The van der Waals surface area contributed by atoms with Crippen LogP contribution in [0.3, 0.4) is 0 Å². The van der Waals surface area contributed by atoms with Crippen molar-refractivity contribution in [3.8, 4) is 0 Å². The fraction of sp³-hybridized carbons (Fsp3) is 0.643. The Balaban J connectivity index is 1.96. The molecule has 0 bridgehead atoms. The first-order valence-corrected chi connectivity index (χ1v) is 7.35. The summed E-state index contributed by atoms with van der Waals surface area (Å²) in [6.45, 7) is 4.38. The highest BCUT2D eigenvalue weighted by Gasteiger charge is 2.19. The lowest BCUT2D eigenvalue weighted by Crippen LogP contribution is -2.27. The number of aryl methyl sites for hydroxylation is 1. The van der Waals surface area contributed by atoms with Gasteiger partial charge in [-0.2, -0.15) is 0 Å². The average Bonchev–Trinajstić information content (AvgIpc) is 2.35. The van der Waals surface area contributed by atoms with Gasteiger partial charge in [0.2, 0.25) is 0 Å². The van der Waals surface area contributed by atoms with E-state index < -0.39 is 0 Å². The van der Waals surface area contributed by atoms with E-state index in [0.717, 1.165) is 16.2 Å². The van der Waals surface area contributed by atoms with E-state index in [9.17, 15) is 0 Å². The molecule has 1 aromatic rings. The van der Waals surface area contributed by atoms with Gasteiger partial charge in [0.15, 0.2) is 0 Å². The first-order valence-electron chi connectivity index (χ1n) is 6.55. The molecule has 94 valence electrons. The van der Waals surface area contributed by atoms with Crippen LogP contribution < -0.4 is 5.32 Å². The van der Waals surface area contributed by atoms with E-state index in [1.54, 1.807) is 0 Å². The van der Waals surface area contributed by atoms with E-state index >= 15 is 0 Å². The molecule has 17 heavy (non-hydrogen) atoms. The first-order chi connectivity index (χ1) is 8.16. The van der Waals surface area contributed by atoms with Gasteiger partial charge in [0.1, 0.15) is 4.60 Å². The van der Waals surface area contributed by atoms with Gasteiger partial charge in [0.25, 0.3) is 0 Å². The maximum Gasteiger partial charge on any atom is 0.109 e. The van der Waals surface area contributed by atoms with Crippen LogP contribution >= 0.6 is 15.9 Å². The number of halogens is 1. The number of hydrogen-bond acceptors (Lipinski definition) is 2. The van der Waals surface area contributed by atoms with Crippen molar-refractivity contribution in [2.45, 2.75) is 52.0 Å². The van der Waals surface area contributed by atoms with E-state index in [-0.39, 0.29) is 0 Å².